The van der Waals surface area contributed by atoms with Gasteiger partial charge in [-0.1, -0.05) is 46.9 Å². The van der Waals surface area contributed by atoms with Gasteiger partial charge >= 0.3 is 0 Å². The zero-order valence-corrected chi connectivity index (χ0v) is 12.3. The molecule has 2 aromatic heterocycles. The van der Waals surface area contributed by atoms with Gasteiger partial charge in [-0.2, -0.15) is 0 Å². The van der Waals surface area contributed by atoms with Gasteiger partial charge in [-0.25, -0.2) is 4.98 Å². The monoisotopic (exact) mass is 310 g/mol. The maximum absolute atomic E-state index is 6.27. The first kappa shape index (κ1) is 12.8. The third kappa shape index (κ3) is 2.20. The molecule has 0 aliphatic rings. The summed E-state index contributed by atoms with van der Waals surface area (Å²) in [5.74, 6) is 0. The summed E-state index contributed by atoms with van der Waals surface area (Å²) in [7, 11) is 0. The number of hydrogen-bond donors (Lipinski definition) is 0. The second-order valence-electron chi connectivity index (χ2n) is 4.28. The Kier molecular flexibility index (Phi) is 3.17. The molecule has 1 aromatic carbocycles. The van der Waals surface area contributed by atoms with E-state index in [1.54, 1.807) is 0 Å². The lowest BCUT2D eigenvalue weighted by atomic mass is 10.2. The Hall–Kier alpha value is -1.22. The molecule has 0 N–H and O–H groups in total. The van der Waals surface area contributed by atoms with Crippen LogP contribution in [0.3, 0.4) is 0 Å². The fraction of sp³-hybridized carbons (Fsp3) is 0.0714. The summed E-state index contributed by atoms with van der Waals surface area (Å²) in [5.41, 5.74) is 3.36. The third-order valence-electron chi connectivity index (χ3n) is 3.01. The second kappa shape index (κ2) is 4.71. The van der Waals surface area contributed by atoms with E-state index in [2.05, 4.69) is 4.98 Å². The Morgan fingerprint density at radius 1 is 1.00 bits per heavy atom. The van der Waals surface area contributed by atoms with E-state index in [4.69, 9.17) is 34.8 Å². The van der Waals surface area contributed by atoms with E-state index in [1.165, 1.54) is 0 Å². The van der Waals surface area contributed by atoms with Crippen LogP contribution in [-0.2, 0) is 0 Å². The average molecular weight is 312 g/mol. The fourth-order valence-corrected chi connectivity index (χ4v) is 2.52. The van der Waals surface area contributed by atoms with Crippen molar-refractivity contribution in [1.29, 1.82) is 0 Å². The normalized spacial score (nSPS) is 11.2. The lowest BCUT2D eigenvalue weighted by Gasteiger charge is -2.02. The molecule has 3 aromatic rings. The lowest BCUT2D eigenvalue weighted by Crippen LogP contribution is -1.88. The Labute approximate surface area is 125 Å². The van der Waals surface area contributed by atoms with Crippen LogP contribution in [0.15, 0.2) is 36.7 Å². The zero-order chi connectivity index (χ0) is 13.6. The maximum atomic E-state index is 6.27. The number of hydrogen-bond acceptors (Lipinski definition) is 1. The molecule has 0 atom stereocenters. The van der Waals surface area contributed by atoms with E-state index in [9.17, 15) is 0 Å². The van der Waals surface area contributed by atoms with Crippen LogP contribution in [0.4, 0.5) is 0 Å². The minimum atomic E-state index is 0.577. The Morgan fingerprint density at radius 2 is 1.68 bits per heavy atom. The molecular weight excluding hydrogens is 303 g/mol. The molecule has 0 fully saturated rings. The van der Waals surface area contributed by atoms with Crippen LogP contribution in [0, 0.1) is 6.92 Å². The van der Waals surface area contributed by atoms with Gasteiger partial charge in [-0.3, -0.25) is 0 Å². The molecule has 0 spiro atoms. The molecule has 0 aliphatic carbocycles. The van der Waals surface area contributed by atoms with Crippen LogP contribution in [-0.4, -0.2) is 9.38 Å². The molecule has 0 bridgehead atoms. The molecule has 19 heavy (non-hydrogen) atoms. The van der Waals surface area contributed by atoms with Gasteiger partial charge in [0.1, 0.15) is 0 Å². The highest BCUT2D eigenvalue weighted by Crippen LogP contribution is 2.30. The van der Waals surface area contributed by atoms with Gasteiger partial charge in [0.05, 0.1) is 15.7 Å². The highest BCUT2D eigenvalue weighted by atomic mass is 35.5. The minimum absolute atomic E-state index is 0.577. The van der Waals surface area contributed by atoms with Gasteiger partial charge in [0.15, 0.2) is 5.65 Å². The van der Waals surface area contributed by atoms with Crippen LogP contribution >= 0.6 is 34.8 Å². The number of aromatic nitrogens is 2. The Balaban J connectivity index is 2.22. The predicted octanol–water partition coefficient (Wildman–Crippen LogP) is 5.27. The number of rotatable bonds is 1. The van der Waals surface area contributed by atoms with Crippen LogP contribution in [0.25, 0.3) is 16.9 Å². The molecule has 0 saturated heterocycles. The molecule has 0 aliphatic heterocycles. The van der Waals surface area contributed by atoms with Crippen LogP contribution in [0.1, 0.15) is 5.56 Å². The largest absolute Gasteiger partial charge is 0.304 e. The number of benzene rings is 1. The number of imidazole rings is 1. The molecule has 0 saturated carbocycles. The molecule has 2 nitrogen and oxygen atoms in total. The summed E-state index contributed by atoms with van der Waals surface area (Å²) in [4.78, 5) is 4.54. The fourth-order valence-electron chi connectivity index (χ4n) is 1.91. The summed E-state index contributed by atoms with van der Waals surface area (Å²) in [6, 6.07) is 7.51. The first-order valence-corrected chi connectivity index (χ1v) is 6.79. The Morgan fingerprint density at radius 3 is 2.37 bits per heavy atom. The maximum Gasteiger partial charge on any atom is 0.156 e. The van der Waals surface area contributed by atoms with Crippen molar-refractivity contribution >= 4 is 40.4 Å². The zero-order valence-electron chi connectivity index (χ0n) is 9.99. The quantitative estimate of drug-likeness (QED) is 0.598. The predicted molar refractivity (Wildman–Crippen MR) is 80.4 cm³/mol. The lowest BCUT2D eigenvalue weighted by molar-refractivity contribution is 1.17. The number of fused-ring (bicyclic) bond motifs is 1. The third-order valence-corrected chi connectivity index (χ3v) is 4.09. The molecule has 0 amide bonds. The summed E-state index contributed by atoms with van der Waals surface area (Å²) in [6.07, 6.45) is 3.71. The summed E-state index contributed by atoms with van der Waals surface area (Å²) in [5, 5.41) is 1.90. The van der Waals surface area contributed by atoms with Crippen molar-refractivity contribution in [2.24, 2.45) is 0 Å². The van der Waals surface area contributed by atoms with Gasteiger partial charge in [-0.05, 0) is 24.6 Å². The molecule has 0 unspecified atom stereocenters. The van der Waals surface area contributed by atoms with Crippen molar-refractivity contribution in [3.05, 3.63) is 57.3 Å². The highest BCUT2D eigenvalue weighted by Gasteiger charge is 2.11. The number of halogens is 3. The van der Waals surface area contributed by atoms with Crippen molar-refractivity contribution in [2.75, 3.05) is 0 Å². The van der Waals surface area contributed by atoms with E-state index in [0.29, 0.717) is 20.7 Å². The number of pyridine rings is 1. The van der Waals surface area contributed by atoms with Crippen LogP contribution in [0.2, 0.25) is 15.1 Å². The SMILES string of the molecule is Cc1c(Cl)cn2cc(-c3ccc(Cl)cc3)nc2c1Cl. The van der Waals surface area contributed by atoms with Gasteiger partial charge in [0.2, 0.25) is 0 Å². The van der Waals surface area contributed by atoms with E-state index in [1.807, 2.05) is 48.0 Å². The minimum Gasteiger partial charge on any atom is -0.304 e. The molecule has 3 rings (SSSR count). The van der Waals surface area contributed by atoms with Gasteiger partial charge in [0, 0.05) is 23.0 Å². The first-order chi connectivity index (χ1) is 9.06. The van der Waals surface area contributed by atoms with E-state index in [0.717, 1.165) is 16.8 Å². The van der Waals surface area contributed by atoms with Crippen molar-refractivity contribution in [3.8, 4) is 11.3 Å². The standard InChI is InChI=1S/C14H9Cl3N2/c1-8-11(16)6-19-7-12(18-14(19)13(8)17)9-2-4-10(15)5-3-9/h2-7H,1H3. The smallest absolute Gasteiger partial charge is 0.156 e. The van der Waals surface area contributed by atoms with Gasteiger partial charge in [0.25, 0.3) is 0 Å². The van der Waals surface area contributed by atoms with Crippen LogP contribution < -0.4 is 0 Å². The van der Waals surface area contributed by atoms with Crippen molar-refractivity contribution in [3.63, 3.8) is 0 Å². The Bertz CT molecular complexity index is 760. The molecule has 0 radical (unpaired) electrons. The second-order valence-corrected chi connectivity index (χ2v) is 5.50. The topological polar surface area (TPSA) is 17.3 Å². The summed E-state index contributed by atoms with van der Waals surface area (Å²) in [6.45, 7) is 1.88. The van der Waals surface area contributed by atoms with E-state index < -0.39 is 0 Å². The van der Waals surface area contributed by atoms with Crippen molar-refractivity contribution in [1.82, 2.24) is 9.38 Å². The highest BCUT2D eigenvalue weighted by molar-refractivity contribution is 6.37. The van der Waals surface area contributed by atoms with Crippen LogP contribution in [0.5, 0.6) is 0 Å². The van der Waals surface area contributed by atoms with Crippen molar-refractivity contribution < 1.29 is 0 Å². The first-order valence-electron chi connectivity index (χ1n) is 5.65. The van der Waals surface area contributed by atoms with E-state index >= 15 is 0 Å². The molecule has 96 valence electrons. The number of nitrogens with zero attached hydrogens (tertiary/aromatic N) is 2. The molecule has 2 heterocycles. The van der Waals surface area contributed by atoms with Gasteiger partial charge in [-0.15, -0.1) is 0 Å². The van der Waals surface area contributed by atoms with E-state index in [-0.39, 0.29) is 0 Å². The van der Waals surface area contributed by atoms with Gasteiger partial charge < -0.3 is 4.40 Å². The molecular formula is C14H9Cl3N2. The molecule has 5 heteroatoms. The average Bonchev–Trinajstić information content (AvgIpc) is 2.81. The van der Waals surface area contributed by atoms with Crippen molar-refractivity contribution in [2.45, 2.75) is 6.92 Å². The summed E-state index contributed by atoms with van der Waals surface area (Å²) >= 11 is 18.3. The summed E-state index contributed by atoms with van der Waals surface area (Å²) < 4.78 is 1.83.